The number of likely N-dealkylation sites (tertiary alicyclic amines) is 1. The fraction of sp³-hybridized carbons (Fsp3) is 0.632. The van der Waals surface area contributed by atoms with E-state index >= 15 is 0 Å². The first-order valence-corrected chi connectivity index (χ1v) is 8.89. The molecule has 0 aromatic heterocycles. The predicted molar refractivity (Wildman–Crippen MR) is 89.4 cm³/mol. The van der Waals surface area contributed by atoms with Crippen molar-refractivity contribution in [2.75, 3.05) is 13.1 Å². The van der Waals surface area contributed by atoms with Gasteiger partial charge in [-0.25, -0.2) is 4.39 Å². The molecule has 0 bridgehead atoms. The van der Waals surface area contributed by atoms with Crippen molar-refractivity contribution in [3.63, 3.8) is 0 Å². The van der Waals surface area contributed by atoms with Crippen molar-refractivity contribution in [1.29, 1.82) is 0 Å². The molecular formula is C19H27FN2O. The number of rotatable bonds is 5. The molecule has 3 rings (SSSR count). The van der Waals surface area contributed by atoms with Crippen LogP contribution in [-0.4, -0.2) is 29.9 Å². The Labute approximate surface area is 138 Å². The molecule has 1 saturated carbocycles. The van der Waals surface area contributed by atoms with Crippen LogP contribution in [0.5, 0.6) is 0 Å². The Bertz CT molecular complexity index is 558. The van der Waals surface area contributed by atoms with Crippen molar-refractivity contribution in [3.8, 4) is 0 Å². The molecule has 1 saturated heterocycles. The second-order valence-electron chi connectivity index (χ2n) is 7.03. The number of nitrogens with zero attached hydrogens (tertiary/aromatic N) is 1. The molecular weight excluding hydrogens is 291 g/mol. The van der Waals surface area contributed by atoms with Gasteiger partial charge in [-0.2, -0.15) is 0 Å². The van der Waals surface area contributed by atoms with E-state index in [0.29, 0.717) is 23.8 Å². The van der Waals surface area contributed by atoms with E-state index in [1.807, 2.05) is 19.1 Å². The average molecular weight is 318 g/mol. The van der Waals surface area contributed by atoms with Gasteiger partial charge in [-0.3, -0.25) is 4.79 Å². The second-order valence-corrected chi connectivity index (χ2v) is 7.03. The SMILES string of the molecule is CC[C@@H]1CN(C(=O)C2CC2)CC[C@@H]1N[C@H](C)c1ccccc1F. The van der Waals surface area contributed by atoms with Gasteiger partial charge < -0.3 is 10.2 Å². The first kappa shape index (κ1) is 16.4. The minimum Gasteiger partial charge on any atom is -0.342 e. The lowest BCUT2D eigenvalue weighted by Crippen LogP contribution is -2.51. The van der Waals surface area contributed by atoms with Crippen LogP contribution >= 0.6 is 0 Å². The van der Waals surface area contributed by atoms with Crippen LogP contribution in [0.2, 0.25) is 0 Å². The summed E-state index contributed by atoms with van der Waals surface area (Å²) in [7, 11) is 0. The number of benzene rings is 1. The number of hydrogen-bond acceptors (Lipinski definition) is 2. The maximum Gasteiger partial charge on any atom is 0.225 e. The smallest absolute Gasteiger partial charge is 0.225 e. The molecule has 1 amide bonds. The van der Waals surface area contributed by atoms with E-state index in [9.17, 15) is 9.18 Å². The molecule has 1 N–H and O–H groups in total. The fourth-order valence-electron chi connectivity index (χ4n) is 3.69. The first-order chi connectivity index (χ1) is 11.1. The Morgan fingerprint density at radius 1 is 1.35 bits per heavy atom. The molecule has 0 radical (unpaired) electrons. The van der Waals surface area contributed by atoms with Crippen molar-refractivity contribution in [2.24, 2.45) is 11.8 Å². The molecule has 1 aliphatic heterocycles. The van der Waals surface area contributed by atoms with Crippen LogP contribution in [0, 0.1) is 17.7 Å². The summed E-state index contributed by atoms with van der Waals surface area (Å²) in [6.45, 7) is 5.87. The lowest BCUT2D eigenvalue weighted by atomic mass is 9.88. The highest BCUT2D eigenvalue weighted by molar-refractivity contribution is 5.81. The van der Waals surface area contributed by atoms with Crippen LogP contribution in [0.25, 0.3) is 0 Å². The van der Waals surface area contributed by atoms with Gasteiger partial charge in [0.25, 0.3) is 0 Å². The summed E-state index contributed by atoms with van der Waals surface area (Å²) in [5, 5.41) is 3.60. The fourth-order valence-corrected chi connectivity index (χ4v) is 3.69. The monoisotopic (exact) mass is 318 g/mol. The Morgan fingerprint density at radius 3 is 2.74 bits per heavy atom. The van der Waals surface area contributed by atoms with E-state index < -0.39 is 0 Å². The molecule has 0 unspecified atom stereocenters. The predicted octanol–water partition coefficient (Wildman–Crippen LogP) is 3.51. The Morgan fingerprint density at radius 2 is 2.09 bits per heavy atom. The zero-order valence-electron chi connectivity index (χ0n) is 14.1. The molecule has 2 aliphatic rings. The molecule has 1 aromatic rings. The number of hydrogen-bond donors (Lipinski definition) is 1. The molecule has 126 valence electrons. The van der Waals surface area contributed by atoms with Crippen LogP contribution in [0.1, 0.15) is 51.1 Å². The minimum atomic E-state index is -0.151. The van der Waals surface area contributed by atoms with Gasteiger partial charge in [0.1, 0.15) is 5.82 Å². The summed E-state index contributed by atoms with van der Waals surface area (Å²) < 4.78 is 13.9. The van der Waals surface area contributed by atoms with Crippen LogP contribution in [-0.2, 0) is 4.79 Å². The van der Waals surface area contributed by atoms with Crippen LogP contribution in [0.3, 0.4) is 0 Å². The third kappa shape index (κ3) is 3.74. The normalized spacial score (nSPS) is 26.1. The van der Waals surface area contributed by atoms with E-state index in [1.54, 1.807) is 6.07 Å². The van der Waals surface area contributed by atoms with Gasteiger partial charge in [-0.15, -0.1) is 0 Å². The number of piperidine rings is 1. The summed E-state index contributed by atoms with van der Waals surface area (Å²) in [6, 6.07) is 7.30. The lowest BCUT2D eigenvalue weighted by molar-refractivity contribution is -0.134. The van der Waals surface area contributed by atoms with Crippen molar-refractivity contribution in [1.82, 2.24) is 10.2 Å². The number of halogens is 1. The summed E-state index contributed by atoms with van der Waals surface area (Å²) in [5.74, 6) is 0.945. The van der Waals surface area contributed by atoms with Crippen LogP contribution in [0.15, 0.2) is 24.3 Å². The number of nitrogens with one attached hydrogen (secondary N) is 1. The van der Waals surface area contributed by atoms with Gasteiger partial charge in [0.2, 0.25) is 5.91 Å². The molecule has 3 nitrogen and oxygen atoms in total. The molecule has 2 fully saturated rings. The van der Waals surface area contributed by atoms with Crippen molar-refractivity contribution in [2.45, 2.75) is 51.6 Å². The maximum atomic E-state index is 13.9. The second kappa shape index (κ2) is 7.00. The summed E-state index contributed by atoms with van der Waals surface area (Å²) in [5.41, 5.74) is 0.721. The quantitative estimate of drug-likeness (QED) is 0.901. The summed E-state index contributed by atoms with van der Waals surface area (Å²) in [4.78, 5) is 14.3. The molecule has 1 aromatic carbocycles. The highest BCUT2D eigenvalue weighted by atomic mass is 19.1. The molecule has 1 heterocycles. The number of amides is 1. The Balaban J connectivity index is 1.61. The van der Waals surface area contributed by atoms with Gasteiger partial charge >= 0.3 is 0 Å². The highest BCUT2D eigenvalue weighted by Crippen LogP contribution is 2.33. The maximum absolute atomic E-state index is 13.9. The van der Waals surface area contributed by atoms with E-state index in [4.69, 9.17) is 0 Å². The van der Waals surface area contributed by atoms with Crippen LogP contribution in [0.4, 0.5) is 4.39 Å². The van der Waals surface area contributed by atoms with E-state index in [-0.39, 0.29) is 11.9 Å². The minimum absolute atomic E-state index is 0.0130. The van der Waals surface area contributed by atoms with Crippen LogP contribution < -0.4 is 5.32 Å². The van der Waals surface area contributed by atoms with Gasteiger partial charge in [0, 0.05) is 36.7 Å². The Hall–Kier alpha value is -1.42. The molecule has 3 atom stereocenters. The average Bonchev–Trinajstić information content (AvgIpc) is 3.39. The zero-order valence-corrected chi connectivity index (χ0v) is 14.1. The van der Waals surface area contributed by atoms with E-state index in [2.05, 4.69) is 17.1 Å². The van der Waals surface area contributed by atoms with E-state index in [0.717, 1.165) is 44.3 Å². The van der Waals surface area contributed by atoms with Gasteiger partial charge in [0.05, 0.1) is 0 Å². The number of carbonyl (C=O) groups is 1. The Kier molecular flexibility index (Phi) is 5.00. The topological polar surface area (TPSA) is 32.3 Å². The standard InChI is InChI=1S/C19H27FN2O/c1-3-14-12-22(19(23)15-8-9-15)11-10-18(14)21-13(2)16-6-4-5-7-17(16)20/h4-7,13-15,18,21H,3,8-12H2,1-2H3/t13-,14-,18+/m1/s1. The largest absolute Gasteiger partial charge is 0.342 e. The molecule has 4 heteroatoms. The molecule has 0 spiro atoms. The van der Waals surface area contributed by atoms with Crippen molar-refractivity contribution in [3.05, 3.63) is 35.6 Å². The highest BCUT2D eigenvalue weighted by Gasteiger charge is 2.37. The molecule has 23 heavy (non-hydrogen) atoms. The summed E-state index contributed by atoms with van der Waals surface area (Å²) >= 11 is 0. The van der Waals surface area contributed by atoms with Gasteiger partial charge in [-0.05, 0) is 38.2 Å². The zero-order chi connectivity index (χ0) is 16.4. The van der Waals surface area contributed by atoms with Gasteiger partial charge in [0.15, 0.2) is 0 Å². The third-order valence-corrected chi connectivity index (χ3v) is 5.33. The van der Waals surface area contributed by atoms with Crippen molar-refractivity contribution >= 4 is 5.91 Å². The summed E-state index contributed by atoms with van der Waals surface area (Å²) in [6.07, 6.45) is 4.13. The first-order valence-electron chi connectivity index (χ1n) is 8.89. The lowest BCUT2D eigenvalue weighted by Gasteiger charge is -2.40. The molecule has 1 aliphatic carbocycles. The van der Waals surface area contributed by atoms with Crippen molar-refractivity contribution < 1.29 is 9.18 Å². The number of carbonyl (C=O) groups excluding carboxylic acids is 1. The third-order valence-electron chi connectivity index (χ3n) is 5.33. The van der Waals surface area contributed by atoms with E-state index in [1.165, 1.54) is 6.07 Å². The van der Waals surface area contributed by atoms with Gasteiger partial charge in [-0.1, -0.05) is 31.5 Å².